The molecule has 2 heterocycles. The van der Waals surface area contributed by atoms with Crippen molar-refractivity contribution in [2.75, 3.05) is 0 Å². The van der Waals surface area contributed by atoms with Crippen molar-refractivity contribution < 1.29 is 31.4 Å². The molecule has 0 aliphatic heterocycles. The number of aliphatic hydroxyl groups is 1. The molecule has 46 heavy (non-hydrogen) atoms. The number of hydrogen-bond acceptors (Lipinski definition) is 4. The first kappa shape index (κ1) is 37.9. The van der Waals surface area contributed by atoms with E-state index < -0.39 is 0 Å². The van der Waals surface area contributed by atoms with Crippen LogP contribution in [0, 0.1) is 31.7 Å². The van der Waals surface area contributed by atoms with Gasteiger partial charge in [-0.25, -0.2) is 0 Å². The maximum absolute atomic E-state index is 11.7. The number of hydrogen-bond donors (Lipinski definition) is 1. The largest absolute Gasteiger partial charge is 0.512 e. The van der Waals surface area contributed by atoms with Gasteiger partial charge in [-0.05, 0) is 65.2 Å². The van der Waals surface area contributed by atoms with Crippen LogP contribution in [0.3, 0.4) is 0 Å². The number of aromatic nitrogens is 1. The van der Waals surface area contributed by atoms with Crippen LogP contribution in [0.15, 0.2) is 60.5 Å². The van der Waals surface area contributed by atoms with E-state index in [2.05, 4.69) is 95.9 Å². The van der Waals surface area contributed by atoms with E-state index in [-0.39, 0.29) is 48.9 Å². The molecule has 0 fully saturated rings. The van der Waals surface area contributed by atoms with E-state index in [1.165, 1.54) is 33.2 Å². The molecule has 0 bridgehead atoms. The smallest absolute Gasteiger partial charge is 0.162 e. The van der Waals surface area contributed by atoms with Gasteiger partial charge in [0.2, 0.25) is 0 Å². The van der Waals surface area contributed by atoms with Crippen LogP contribution in [0.4, 0.5) is 0 Å². The molecule has 0 aliphatic rings. The molecule has 0 amide bonds. The van der Waals surface area contributed by atoms with Crippen molar-refractivity contribution in [2.45, 2.75) is 113 Å². The minimum Gasteiger partial charge on any atom is -0.512 e. The monoisotopic (exact) mass is 818 g/mol. The molecule has 0 atom stereocenters. The summed E-state index contributed by atoms with van der Waals surface area (Å²) in [5.41, 5.74) is 8.15. The van der Waals surface area contributed by atoms with Crippen LogP contribution in [-0.4, -0.2) is 15.9 Å². The zero-order chi connectivity index (χ0) is 34.3. The third kappa shape index (κ3) is 9.72. The first-order valence-electron chi connectivity index (χ1n) is 17.1. The maximum atomic E-state index is 11.7. The SMILES string of the molecule is CCC(CC)C(=O)/C=C(\O)C(CC)CC.[2H]c1cc2c(C(C)C)c(-c3ccc(C(C)(C)C)cc3)sc2c(-c2[c-]c(C)cc(C)c2)n1.[Ir]. The first-order chi connectivity index (χ1) is 21.6. The molecule has 1 radical (unpaired) electrons. The number of thiophene rings is 1. The molecule has 4 aromatic rings. The summed E-state index contributed by atoms with van der Waals surface area (Å²) in [4.78, 5) is 17.7. The number of rotatable bonds is 10. The van der Waals surface area contributed by atoms with E-state index in [0.717, 1.165) is 52.6 Å². The number of pyridine rings is 1. The van der Waals surface area contributed by atoms with Gasteiger partial charge in [0.15, 0.2) is 5.78 Å². The predicted molar refractivity (Wildman–Crippen MR) is 195 cm³/mol. The van der Waals surface area contributed by atoms with Gasteiger partial charge < -0.3 is 10.1 Å². The van der Waals surface area contributed by atoms with Crippen LogP contribution in [0.2, 0.25) is 0 Å². The Morgan fingerprint density at radius 2 is 1.57 bits per heavy atom. The topological polar surface area (TPSA) is 50.2 Å². The Morgan fingerprint density at radius 3 is 2.07 bits per heavy atom. The number of benzene rings is 2. The summed E-state index contributed by atoms with van der Waals surface area (Å²) in [7, 11) is 0. The Kier molecular flexibility index (Phi) is 14.4. The minimum atomic E-state index is 0. The Bertz CT molecular complexity index is 1640. The fourth-order valence-electron chi connectivity index (χ4n) is 5.88. The van der Waals surface area contributed by atoms with E-state index in [1.54, 1.807) is 11.3 Å². The quantitative estimate of drug-likeness (QED) is 0.0985. The zero-order valence-electron chi connectivity index (χ0n) is 30.7. The van der Waals surface area contributed by atoms with Gasteiger partial charge >= 0.3 is 0 Å². The van der Waals surface area contributed by atoms with Gasteiger partial charge in [-0.3, -0.25) is 4.79 Å². The summed E-state index contributed by atoms with van der Waals surface area (Å²) in [6.45, 7) is 23.4. The fourth-order valence-corrected chi connectivity index (χ4v) is 7.33. The molecule has 251 valence electrons. The van der Waals surface area contributed by atoms with Gasteiger partial charge in [-0.1, -0.05) is 100 Å². The molecule has 0 spiro atoms. The van der Waals surface area contributed by atoms with Gasteiger partial charge in [0.05, 0.1) is 7.13 Å². The van der Waals surface area contributed by atoms with E-state index in [9.17, 15) is 9.90 Å². The third-order valence-electron chi connectivity index (χ3n) is 8.66. The summed E-state index contributed by atoms with van der Waals surface area (Å²) < 4.78 is 9.55. The van der Waals surface area contributed by atoms with E-state index in [4.69, 9.17) is 1.37 Å². The summed E-state index contributed by atoms with van der Waals surface area (Å²) in [6.07, 6.45) is 5.22. The van der Waals surface area contributed by atoms with Crippen LogP contribution in [-0.2, 0) is 30.3 Å². The molecule has 0 unspecified atom stereocenters. The molecular formula is C41H54IrNO2S-. The number of aliphatic hydroxyl groups excluding tert-OH is 1. The molecule has 0 aliphatic carbocycles. The molecule has 1 N–H and O–H groups in total. The van der Waals surface area contributed by atoms with E-state index in [0.29, 0.717) is 12.1 Å². The van der Waals surface area contributed by atoms with Crippen molar-refractivity contribution in [1.29, 1.82) is 0 Å². The van der Waals surface area contributed by atoms with Crippen molar-refractivity contribution in [3.63, 3.8) is 0 Å². The van der Waals surface area contributed by atoms with Gasteiger partial charge in [0.25, 0.3) is 0 Å². The van der Waals surface area contributed by atoms with Crippen molar-refractivity contribution >= 4 is 27.2 Å². The van der Waals surface area contributed by atoms with Crippen LogP contribution < -0.4 is 0 Å². The van der Waals surface area contributed by atoms with Crippen molar-refractivity contribution in [2.24, 2.45) is 11.8 Å². The fraction of sp³-hybridized carbons (Fsp3) is 0.463. The van der Waals surface area contributed by atoms with Gasteiger partial charge in [-0.15, -0.1) is 46.2 Å². The summed E-state index contributed by atoms with van der Waals surface area (Å²) in [6, 6.07) is 18.6. The summed E-state index contributed by atoms with van der Waals surface area (Å²) in [5, 5.41) is 10.9. The third-order valence-corrected chi connectivity index (χ3v) is 9.94. The number of aryl methyl sites for hydroxylation is 2. The molecular weight excluding hydrogens is 763 g/mol. The summed E-state index contributed by atoms with van der Waals surface area (Å²) in [5.74, 6) is 0.898. The second-order valence-electron chi connectivity index (χ2n) is 13.6. The number of fused-ring (bicyclic) bond motifs is 1. The van der Waals surface area contributed by atoms with Crippen LogP contribution in [0.5, 0.6) is 0 Å². The molecule has 2 aromatic carbocycles. The molecule has 0 saturated carbocycles. The van der Waals surface area contributed by atoms with E-state index >= 15 is 0 Å². The second kappa shape index (κ2) is 17.5. The Balaban J connectivity index is 0.000000410. The molecule has 0 saturated heterocycles. The first-order valence-corrected chi connectivity index (χ1v) is 17.5. The van der Waals surface area contributed by atoms with Gasteiger partial charge in [0, 0.05) is 59.5 Å². The average molecular weight is 818 g/mol. The van der Waals surface area contributed by atoms with Crippen LogP contribution in [0.1, 0.15) is 118 Å². The zero-order valence-corrected chi connectivity index (χ0v) is 32.9. The summed E-state index contributed by atoms with van der Waals surface area (Å²) >= 11 is 1.79. The molecule has 3 nitrogen and oxygen atoms in total. The molecule has 4 rings (SSSR count). The van der Waals surface area contributed by atoms with E-state index in [1.807, 2.05) is 33.8 Å². The Hall–Kier alpha value is -2.59. The Morgan fingerprint density at radius 1 is 0.978 bits per heavy atom. The van der Waals surface area contributed by atoms with Gasteiger partial charge in [0.1, 0.15) is 0 Å². The van der Waals surface area contributed by atoms with Crippen molar-refractivity contribution in [3.8, 4) is 21.7 Å². The normalized spacial score (nSPS) is 12.3. The predicted octanol–water partition coefficient (Wildman–Crippen LogP) is 12.3. The van der Waals surface area contributed by atoms with Crippen molar-refractivity contribution in [1.82, 2.24) is 4.98 Å². The molecule has 5 heteroatoms. The van der Waals surface area contributed by atoms with Crippen molar-refractivity contribution in [3.05, 3.63) is 88.8 Å². The number of nitrogens with zero attached hydrogens (tertiary/aromatic N) is 1. The maximum Gasteiger partial charge on any atom is 0.162 e. The number of ketones is 1. The van der Waals surface area contributed by atoms with Crippen LogP contribution in [0.25, 0.3) is 31.8 Å². The van der Waals surface area contributed by atoms with Gasteiger partial charge in [-0.2, -0.15) is 0 Å². The average Bonchev–Trinajstić information content (AvgIpc) is 3.37. The minimum absolute atomic E-state index is 0. The van der Waals surface area contributed by atoms with Crippen LogP contribution >= 0.6 is 11.3 Å². The number of carbonyl (C=O) groups excluding carboxylic acids is 1. The second-order valence-corrected chi connectivity index (χ2v) is 14.6. The standard InChI is InChI=1S/C28H30NS.C13H24O2.Ir/c1-17(2)24-23-12-13-29-25(21-15-18(3)14-19(4)16-21)27(23)30-26(24)20-8-10-22(11-9-20)28(5,6)7;1-5-10(6-2)12(14)9-13(15)11(7-3)8-4;/h8-15,17H,1-7H3;9-11,14H,5-8H2,1-4H3;/q-1;;/b;12-9-;/i13D;;. The number of carbonyl (C=O) groups is 1. The Labute approximate surface area is 297 Å². The molecule has 2 aromatic heterocycles. The number of allylic oxidation sites excluding steroid dienone is 2.